The smallest absolute Gasteiger partial charge is 0.203 e. The molecule has 0 fully saturated rings. The van der Waals surface area contributed by atoms with Gasteiger partial charge >= 0.3 is 0 Å². The molecule has 0 radical (unpaired) electrons. The Hall–Kier alpha value is -1.44. The summed E-state index contributed by atoms with van der Waals surface area (Å²) in [6, 6.07) is 5.28. The fourth-order valence-electron chi connectivity index (χ4n) is 0.745. The van der Waals surface area contributed by atoms with Crippen LogP contribution in [-0.2, 0) is 0 Å². The van der Waals surface area contributed by atoms with Gasteiger partial charge in [-0.2, -0.15) is 0 Å². The molecule has 0 N–H and O–H groups in total. The molecule has 0 amide bonds. The van der Waals surface area contributed by atoms with Gasteiger partial charge in [-0.3, -0.25) is 9.78 Å². The van der Waals surface area contributed by atoms with Crippen LogP contribution in [0.3, 0.4) is 0 Å². The highest BCUT2D eigenvalue weighted by Gasteiger charge is 1.98. The molecule has 0 saturated carbocycles. The molecule has 0 spiro atoms. The largest absolute Gasteiger partial charge is 0.288 e. The highest BCUT2D eigenvalue weighted by molar-refractivity contribution is 6.02. The molecule has 0 aliphatic carbocycles. The SMILES string of the molecule is CC=CC(=O)c1ccccn1. The van der Waals surface area contributed by atoms with Crippen LogP contribution in [0.25, 0.3) is 0 Å². The molecule has 1 heterocycles. The number of nitrogens with zero attached hydrogens (tertiary/aromatic N) is 1. The fourth-order valence-corrected chi connectivity index (χ4v) is 0.745. The second-order valence-corrected chi connectivity index (χ2v) is 2.08. The van der Waals surface area contributed by atoms with Crippen LogP contribution < -0.4 is 0 Å². The van der Waals surface area contributed by atoms with Crippen LogP contribution in [0.15, 0.2) is 36.5 Å². The van der Waals surface area contributed by atoms with E-state index in [1.807, 2.05) is 0 Å². The molecule has 0 unspecified atom stereocenters. The highest BCUT2D eigenvalue weighted by atomic mass is 16.1. The van der Waals surface area contributed by atoms with E-state index in [-0.39, 0.29) is 5.78 Å². The highest BCUT2D eigenvalue weighted by Crippen LogP contribution is 1.95. The van der Waals surface area contributed by atoms with Crippen molar-refractivity contribution in [3.05, 3.63) is 42.2 Å². The molecule has 2 nitrogen and oxygen atoms in total. The van der Waals surface area contributed by atoms with Crippen molar-refractivity contribution in [2.75, 3.05) is 0 Å². The molecule has 1 aromatic rings. The Balaban J connectivity index is 2.86. The maximum Gasteiger partial charge on any atom is 0.203 e. The summed E-state index contributed by atoms with van der Waals surface area (Å²) < 4.78 is 0. The number of rotatable bonds is 2. The summed E-state index contributed by atoms with van der Waals surface area (Å²) in [5, 5.41) is 0. The molecular weight excluding hydrogens is 138 g/mol. The molecule has 2 heteroatoms. The van der Waals surface area contributed by atoms with Crippen LogP contribution in [0.5, 0.6) is 0 Å². The Morgan fingerprint density at radius 1 is 1.55 bits per heavy atom. The van der Waals surface area contributed by atoms with Crippen LogP contribution in [0.4, 0.5) is 0 Å². The molecule has 0 aromatic carbocycles. The number of pyridine rings is 1. The first kappa shape index (κ1) is 7.66. The number of ketones is 1. The number of aromatic nitrogens is 1. The van der Waals surface area contributed by atoms with Gasteiger partial charge in [0.1, 0.15) is 5.69 Å². The Bertz CT molecular complexity index is 264. The molecule has 0 aliphatic rings. The summed E-state index contributed by atoms with van der Waals surface area (Å²) in [5.74, 6) is -0.0481. The van der Waals surface area contributed by atoms with Crippen molar-refractivity contribution in [1.82, 2.24) is 4.98 Å². The van der Waals surface area contributed by atoms with Gasteiger partial charge in [-0.1, -0.05) is 12.1 Å². The Morgan fingerprint density at radius 2 is 2.36 bits per heavy atom. The number of carbonyl (C=O) groups is 1. The van der Waals surface area contributed by atoms with E-state index in [1.165, 1.54) is 6.08 Å². The second kappa shape index (κ2) is 3.66. The molecule has 1 rings (SSSR count). The van der Waals surface area contributed by atoms with Crippen LogP contribution in [0, 0.1) is 0 Å². The van der Waals surface area contributed by atoms with Crippen molar-refractivity contribution in [1.29, 1.82) is 0 Å². The fraction of sp³-hybridized carbons (Fsp3) is 0.111. The van der Waals surface area contributed by atoms with Crippen molar-refractivity contribution >= 4 is 5.78 Å². The number of hydrogen-bond donors (Lipinski definition) is 0. The van der Waals surface area contributed by atoms with Gasteiger partial charge in [-0.15, -0.1) is 0 Å². The lowest BCUT2D eigenvalue weighted by molar-refractivity contribution is 0.104. The van der Waals surface area contributed by atoms with Crippen molar-refractivity contribution in [3.8, 4) is 0 Å². The van der Waals surface area contributed by atoms with E-state index >= 15 is 0 Å². The lowest BCUT2D eigenvalue weighted by Gasteiger charge is -1.90. The van der Waals surface area contributed by atoms with Crippen LogP contribution in [0.1, 0.15) is 17.4 Å². The maximum atomic E-state index is 11.1. The van der Waals surface area contributed by atoms with Crippen molar-refractivity contribution in [2.24, 2.45) is 0 Å². The Morgan fingerprint density at radius 3 is 2.91 bits per heavy atom. The van der Waals surface area contributed by atoms with E-state index in [0.717, 1.165) is 0 Å². The molecule has 0 saturated heterocycles. The first-order valence-electron chi connectivity index (χ1n) is 3.42. The van der Waals surface area contributed by atoms with E-state index in [2.05, 4.69) is 4.98 Å². The minimum absolute atomic E-state index is 0.0481. The predicted octanol–water partition coefficient (Wildman–Crippen LogP) is 1.84. The third kappa shape index (κ3) is 2.00. The van der Waals surface area contributed by atoms with E-state index in [4.69, 9.17) is 0 Å². The van der Waals surface area contributed by atoms with Gasteiger partial charge in [0.25, 0.3) is 0 Å². The first-order chi connectivity index (χ1) is 5.34. The van der Waals surface area contributed by atoms with Crippen molar-refractivity contribution in [3.63, 3.8) is 0 Å². The summed E-state index contributed by atoms with van der Waals surface area (Å²) in [6.45, 7) is 1.81. The zero-order valence-electron chi connectivity index (χ0n) is 6.32. The molecule has 1 aromatic heterocycles. The summed E-state index contributed by atoms with van der Waals surface area (Å²) >= 11 is 0. The number of hydrogen-bond acceptors (Lipinski definition) is 2. The Labute approximate surface area is 65.6 Å². The zero-order chi connectivity index (χ0) is 8.10. The molecule has 0 bridgehead atoms. The summed E-state index contributed by atoms with van der Waals surface area (Å²) in [7, 11) is 0. The number of allylic oxidation sites excluding steroid dienone is 2. The second-order valence-electron chi connectivity index (χ2n) is 2.08. The summed E-state index contributed by atoms with van der Waals surface area (Å²) in [6.07, 6.45) is 4.82. The van der Waals surface area contributed by atoms with E-state index in [9.17, 15) is 4.79 Å². The monoisotopic (exact) mass is 147 g/mol. The first-order valence-corrected chi connectivity index (χ1v) is 3.42. The lowest BCUT2D eigenvalue weighted by atomic mass is 10.2. The number of carbonyl (C=O) groups excluding carboxylic acids is 1. The average Bonchev–Trinajstić information content (AvgIpc) is 2.07. The standard InChI is InChI=1S/C9H9NO/c1-2-5-9(11)8-6-3-4-7-10-8/h2-7H,1H3. The predicted molar refractivity (Wildman–Crippen MR) is 43.4 cm³/mol. The zero-order valence-corrected chi connectivity index (χ0v) is 6.32. The van der Waals surface area contributed by atoms with Gasteiger partial charge in [0.2, 0.25) is 5.78 Å². The lowest BCUT2D eigenvalue weighted by Crippen LogP contribution is -1.96. The van der Waals surface area contributed by atoms with Gasteiger partial charge in [0, 0.05) is 6.20 Å². The Kier molecular flexibility index (Phi) is 2.55. The van der Waals surface area contributed by atoms with Gasteiger partial charge in [-0.05, 0) is 25.1 Å². The maximum absolute atomic E-state index is 11.1. The van der Waals surface area contributed by atoms with E-state index < -0.39 is 0 Å². The summed E-state index contributed by atoms with van der Waals surface area (Å²) in [4.78, 5) is 15.0. The molecule has 56 valence electrons. The van der Waals surface area contributed by atoms with Crippen molar-refractivity contribution < 1.29 is 4.79 Å². The van der Waals surface area contributed by atoms with Gasteiger partial charge in [0.05, 0.1) is 0 Å². The van der Waals surface area contributed by atoms with E-state index in [1.54, 1.807) is 37.4 Å². The van der Waals surface area contributed by atoms with Gasteiger partial charge in [-0.25, -0.2) is 0 Å². The molecule has 0 aliphatic heterocycles. The quantitative estimate of drug-likeness (QED) is 0.472. The van der Waals surface area contributed by atoms with Crippen LogP contribution in [0.2, 0.25) is 0 Å². The minimum atomic E-state index is -0.0481. The third-order valence-corrected chi connectivity index (χ3v) is 1.24. The van der Waals surface area contributed by atoms with Crippen molar-refractivity contribution in [2.45, 2.75) is 6.92 Å². The minimum Gasteiger partial charge on any atom is -0.288 e. The third-order valence-electron chi connectivity index (χ3n) is 1.24. The normalized spacial score (nSPS) is 10.3. The van der Waals surface area contributed by atoms with Gasteiger partial charge in [0.15, 0.2) is 0 Å². The molecule has 11 heavy (non-hydrogen) atoms. The topological polar surface area (TPSA) is 30.0 Å². The average molecular weight is 147 g/mol. The molecular formula is C9H9NO. The molecule has 0 atom stereocenters. The van der Waals surface area contributed by atoms with Crippen LogP contribution in [-0.4, -0.2) is 10.8 Å². The summed E-state index contributed by atoms with van der Waals surface area (Å²) in [5.41, 5.74) is 0.491. The van der Waals surface area contributed by atoms with Gasteiger partial charge < -0.3 is 0 Å². The van der Waals surface area contributed by atoms with E-state index in [0.29, 0.717) is 5.69 Å². The van der Waals surface area contributed by atoms with Crippen LogP contribution >= 0.6 is 0 Å².